The lowest BCUT2D eigenvalue weighted by molar-refractivity contribution is -0.141. The smallest absolute Gasteiger partial charge is 0.242 e. The maximum atomic E-state index is 13.4. The van der Waals surface area contributed by atoms with Gasteiger partial charge in [0.2, 0.25) is 11.8 Å². The summed E-state index contributed by atoms with van der Waals surface area (Å²) in [6.45, 7) is 15.0. The maximum absolute atomic E-state index is 13.4. The third-order valence-electron chi connectivity index (χ3n) is 5.37. The van der Waals surface area contributed by atoms with E-state index in [-0.39, 0.29) is 17.4 Å². The Kier molecular flexibility index (Phi) is 9.97. The van der Waals surface area contributed by atoms with Crippen molar-refractivity contribution in [2.24, 2.45) is 0 Å². The summed E-state index contributed by atoms with van der Waals surface area (Å²) < 4.78 is 11.4. The summed E-state index contributed by atoms with van der Waals surface area (Å²) in [6, 6.07) is 13.2. The number of nitrogens with zero attached hydrogens (tertiary/aromatic N) is 1. The van der Waals surface area contributed by atoms with Crippen LogP contribution in [0.25, 0.3) is 0 Å². The number of nitrogens with one attached hydrogen (secondary N) is 1. The predicted octanol–water partition coefficient (Wildman–Crippen LogP) is 5.06. The van der Waals surface area contributed by atoms with Crippen LogP contribution in [0.15, 0.2) is 42.5 Å². The number of carbonyl (C=O) groups excluding carboxylic acids is 2. The Morgan fingerprint density at radius 1 is 0.941 bits per heavy atom. The van der Waals surface area contributed by atoms with Crippen molar-refractivity contribution in [3.63, 3.8) is 0 Å². The van der Waals surface area contributed by atoms with E-state index in [9.17, 15) is 9.59 Å². The summed E-state index contributed by atoms with van der Waals surface area (Å²) in [5.41, 5.74) is 2.76. The van der Waals surface area contributed by atoms with Gasteiger partial charge in [0.05, 0.1) is 13.2 Å². The Balaban J connectivity index is 2.19. The first-order chi connectivity index (χ1) is 16.0. The number of hydrogen-bond acceptors (Lipinski definition) is 4. The van der Waals surface area contributed by atoms with Crippen LogP contribution in [-0.2, 0) is 22.6 Å². The highest BCUT2D eigenvalue weighted by Crippen LogP contribution is 2.29. The van der Waals surface area contributed by atoms with E-state index in [1.165, 1.54) is 0 Å². The molecule has 0 fully saturated rings. The predicted molar refractivity (Wildman–Crippen MR) is 136 cm³/mol. The van der Waals surface area contributed by atoms with Crippen LogP contribution in [0.2, 0.25) is 0 Å². The third-order valence-corrected chi connectivity index (χ3v) is 5.37. The summed E-state index contributed by atoms with van der Waals surface area (Å²) in [6.07, 6.45) is 0.835. The zero-order valence-corrected chi connectivity index (χ0v) is 21.7. The average molecular weight is 469 g/mol. The molecule has 0 heterocycles. The Morgan fingerprint density at radius 3 is 2.12 bits per heavy atom. The maximum Gasteiger partial charge on any atom is 0.242 e. The van der Waals surface area contributed by atoms with Gasteiger partial charge in [0.1, 0.15) is 6.04 Å². The molecule has 0 aliphatic rings. The molecule has 1 atom stereocenters. The zero-order chi connectivity index (χ0) is 25.3. The van der Waals surface area contributed by atoms with E-state index < -0.39 is 6.04 Å². The second-order valence-electron chi connectivity index (χ2n) is 9.57. The van der Waals surface area contributed by atoms with E-state index >= 15 is 0 Å². The molecule has 0 radical (unpaired) electrons. The summed E-state index contributed by atoms with van der Waals surface area (Å²) in [5, 5.41) is 3.00. The second-order valence-corrected chi connectivity index (χ2v) is 9.57. The first-order valence-electron chi connectivity index (χ1n) is 12.1. The fraction of sp³-hybridized carbons (Fsp3) is 0.500. The van der Waals surface area contributed by atoms with Crippen LogP contribution in [0.4, 0.5) is 0 Å². The van der Waals surface area contributed by atoms with E-state index in [0.717, 1.165) is 16.7 Å². The van der Waals surface area contributed by atoms with Gasteiger partial charge in [-0.05, 0) is 78.1 Å². The minimum Gasteiger partial charge on any atom is -0.490 e. The van der Waals surface area contributed by atoms with Crippen LogP contribution in [-0.4, -0.2) is 41.5 Å². The molecule has 6 nitrogen and oxygen atoms in total. The van der Waals surface area contributed by atoms with Gasteiger partial charge in [0.15, 0.2) is 11.5 Å². The lowest BCUT2D eigenvalue weighted by Crippen LogP contribution is -2.52. The molecule has 0 spiro atoms. The molecule has 2 amide bonds. The number of ether oxygens (including phenoxy) is 2. The third kappa shape index (κ3) is 8.40. The van der Waals surface area contributed by atoms with Crippen molar-refractivity contribution in [3.8, 4) is 11.5 Å². The number of hydrogen-bond donors (Lipinski definition) is 1. The summed E-state index contributed by atoms with van der Waals surface area (Å²) >= 11 is 0. The van der Waals surface area contributed by atoms with Crippen molar-refractivity contribution < 1.29 is 19.1 Å². The van der Waals surface area contributed by atoms with E-state index in [2.05, 4.69) is 5.32 Å². The number of benzene rings is 2. The number of carbonyl (C=O) groups is 2. The van der Waals surface area contributed by atoms with Crippen LogP contribution in [0.3, 0.4) is 0 Å². The van der Waals surface area contributed by atoms with Crippen molar-refractivity contribution in [1.82, 2.24) is 10.2 Å². The molecule has 186 valence electrons. The van der Waals surface area contributed by atoms with Crippen molar-refractivity contribution in [2.45, 2.75) is 79.4 Å². The molecule has 2 aromatic rings. The second kappa shape index (κ2) is 12.4. The fourth-order valence-corrected chi connectivity index (χ4v) is 3.59. The van der Waals surface area contributed by atoms with Crippen molar-refractivity contribution >= 4 is 11.8 Å². The van der Waals surface area contributed by atoms with Gasteiger partial charge in [0, 0.05) is 18.5 Å². The Hall–Kier alpha value is -3.02. The zero-order valence-electron chi connectivity index (χ0n) is 21.7. The Bertz CT molecular complexity index is 948. The monoisotopic (exact) mass is 468 g/mol. The van der Waals surface area contributed by atoms with E-state index in [1.54, 1.807) is 11.8 Å². The van der Waals surface area contributed by atoms with E-state index in [4.69, 9.17) is 9.47 Å². The molecular weight excluding hydrogens is 428 g/mol. The number of aryl methyl sites for hydroxylation is 2. The summed E-state index contributed by atoms with van der Waals surface area (Å²) in [7, 11) is 0. The molecule has 0 aliphatic carbocycles. The van der Waals surface area contributed by atoms with Crippen LogP contribution in [0.5, 0.6) is 11.5 Å². The Morgan fingerprint density at radius 2 is 1.53 bits per heavy atom. The van der Waals surface area contributed by atoms with E-state index in [1.807, 2.05) is 84.0 Å². The highest BCUT2D eigenvalue weighted by atomic mass is 16.5. The number of rotatable bonds is 11. The first kappa shape index (κ1) is 27.2. The van der Waals surface area contributed by atoms with Gasteiger partial charge in [-0.1, -0.05) is 35.9 Å². The van der Waals surface area contributed by atoms with Crippen molar-refractivity contribution in [2.75, 3.05) is 13.2 Å². The highest BCUT2D eigenvalue weighted by Gasteiger charge is 2.28. The van der Waals surface area contributed by atoms with Gasteiger partial charge >= 0.3 is 0 Å². The van der Waals surface area contributed by atoms with Crippen LogP contribution in [0, 0.1) is 6.92 Å². The first-order valence-corrected chi connectivity index (χ1v) is 12.1. The van der Waals surface area contributed by atoms with Gasteiger partial charge in [-0.15, -0.1) is 0 Å². The lowest BCUT2D eigenvalue weighted by atomic mass is 10.1. The van der Waals surface area contributed by atoms with Crippen molar-refractivity contribution in [3.05, 3.63) is 59.2 Å². The normalized spacial score (nSPS) is 12.1. The van der Waals surface area contributed by atoms with Gasteiger partial charge in [0.25, 0.3) is 0 Å². The molecular formula is C28H40N2O4. The molecule has 0 unspecified atom stereocenters. The molecule has 0 aromatic heterocycles. The Labute approximate surface area is 204 Å². The number of amides is 2. The van der Waals surface area contributed by atoms with Crippen LogP contribution < -0.4 is 14.8 Å². The van der Waals surface area contributed by atoms with Gasteiger partial charge in [-0.25, -0.2) is 0 Å². The van der Waals surface area contributed by atoms with Gasteiger partial charge in [-0.3, -0.25) is 9.59 Å². The van der Waals surface area contributed by atoms with E-state index in [0.29, 0.717) is 44.1 Å². The topological polar surface area (TPSA) is 67.9 Å². The largest absolute Gasteiger partial charge is 0.490 e. The van der Waals surface area contributed by atoms with Crippen LogP contribution in [0.1, 0.15) is 64.7 Å². The molecule has 0 bridgehead atoms. The fourth-order valence-electron chi connectivity index (χ4n) is 3.59. The SMILES string of the molecule is CCOc1ccc(CCC(=O)N(Cc2ccc(C)cc2)[C@H](C)C(=O)NC(C)(C)C)cc1OCC. The van der Waals surface area contributed by atoms with Gasteiger partial charge < -0.3 is 19.7 Å². The molecule has 34 heavy (non-hydrogen) atoms. The van der Waals surface area contributed by atoms with Gasteiger partial charge in [-0.2, -0.15) is 0 Å². The highest BCUT2D eigenvalue weighted by molar-refractivity contribution is 5.87. The lowest BCUT2D eigenvalue weighted by Gasteiger charge is -2.31. The minimum absolute atomic E-state index is 0.0658. The molecule has 0 aliphatic heterocycles. The molecule has 1 N–H and O–H groups in total. The quantitative estimate of drug-likeness (QED) is 0.501. The molecule has 0 saturated heterocycles. The standard InChI is InChI=1S/C28H40N2O4/c1-8-33-24-16-14-22(18-25(24)34-9-2)15-17-26(31)30(19-23-12-10-20(3)11-13-23)21(4)27(32)29-28(5,6)7/h10-14,16,18,21H,8-9,15,17,19H2,1-7H3,(H,29,32)/t21-/m1/s1. The summed E-state index contributed by atoms with van der Waals surface area (Å²) in [4.78, 5) is 27.9. The van der Waals surface area contributed by atoms with Crippen LogP contribution >= 0.6 is 0 Å². The molecule has 6 heteroatoms. The minimum atomic E-state index is -0.590. The molecule has 0 saturated carbocycles. The molecule has 2 aromatic carbocycles. The van der Waals surface area contributed by atoms with Crippen molar-refractivity contribution in [1.29, 1.82) is 0 Å². The average Bonchev–Trinajstić information content (AvgIpc) is 2.77. The summed E-state index contributed by atoms with van der Waals surface area (Å²) in [5.74, 6) is 1.16. The molecule has 2 rings (SSSR count).